The monoisotopic (exact) mass is 326 g/mol. The molecular formula is C16H18ClNO4. The molecule has 2 rings (SSSR count). The minimum atomic E-state index is -2.74. The van der Waals surface area contributed by atoms with Crippen molar-refractivity contribution in [1.82, 2.24) is 4.57 Å². The van der Waals surface area contributed by atoms with Gasteiger partial charge < -0.3 is 9.47 Å². The summed E-state index contributed by atoms with van der Waals surface area (Å²) in [5, 5.41) is -0.573. The van der Waals surface area contributed by atoms with Crippen molar-refractivity contribution >= 4 is 33.8 Å². The Kier molecular flexibility index (Phi) is 3.22. The zero-order chi connectivity index (χ0) is 19.2. The number of benzene rings is 1. The Bertz CT molecular complexity index is 850. The van der Waals surface area contributed by atoms with Crippen molar-refractivity contribution < 1.29 is 23.2 Å². The Labute approximate surface area is 138 Å². The molecule has 5 nitrogen and oxygen atoms in total. The third kappa shape index (κ3) is 2.95. The van der Waals surface area contributed by atoms with E-state index in [4.69, 9.17) is 25.2 Å². The van der Waals surface area contributed by atoms with Gasteiger partial charge in [-0.2, -0.15) is 0 Å². The highest BCUT2D eigenvalue weighted by Crippen LogP contribution is 2.33. The second-order valence-corrected chi connectivity index (χ2v) is 6.21. The van der Waals surface area contributed by atoms with Crippen molar-refractivity contribution in [2.24, 2.45) is 0 Å². The number of carbonyl (C=O) groups is 2. The summed E-state index contributed by atoms with van der Waals surface area (Å²) in [5.41, 5.74) is 0.125. The van der Waals surface area contributed by atoms with Crippen LogP contribution in [0, 0.1) is 6.92 Å². The fourth-order valence-electron chi connectivity index (χ4n) is 2.25. The highest BCUT2D eigenvalue weighted by atomic mass is 35.5. The van der Waals surface area contributed by atoms with Crippen LogP contribution >= 0.6 is 11.6 Å². The van der Waals surface area contributed by atoms with E-state index in [0.29, 0.717) is 16.5 Å². The number of hydrogen-bond donors (Lipinski definition) is 0. The molecule has 0 saturated heterocycles. The van der Waals surface area contributed by atoms with Gasteiger partial charge in [0, 0.05) is 11.6 Å². The van der Waals surface area contributed by atoms with E-state index in [1.165, 1.54) is 22.9 Å². The van der Waals surface area contributed by atoms with Gasteiger partial charge in [-0.25, -0.2) is 4.79 Å². The van der Waals surface area contributed by atoms with E-state index in [2.05, 4.69) is 0 Å². The van der Waals surface area contributed by atoms with E-state index in [0.717, 1.165) is 0 Å². The minimum Gasteiger partial charge on any atom is -0.496 e. The van der Waals surface area contributed by atoms with Crippen molar-refractivity contribution in [2.75, 3.05) is 7.04 Å². The average molecular weight is 327 g/mol. The van der Waals surface area contributed by atoms with E-state index in [9.17, 15) is 9.59 Å². The summed E-state index contributed by atoms with van der Waals surface area (Å²) in [6.07, 6.45) is 0.817. The standard InChI is InChI=1S/C16H18ClNO4/c1-9-8-11(21-5)12(14(17)19)10-6-7-18(13(9)10)15(20)22-16(2,3)4/h6-8H,1-5H3/i5D3. The molecule has 0 spiro atoms. The molecule has 0 unspecified atom stereocenters. The quantitative estimate of drug-likeness (QED) is 0.779. The lowest BCUT2D eigenvalue weighted by atomic mass is 10.1. The number of fused-ring (bicyclic) bond motifs is 1. The summed E-state index contributed by atoms with van der Waals surface area (Å²) >= 11 is 5.64. The SMILES string of the molecule is [2H]C([2H])([2H])Oc1cc(C)c2c(ccn2C(=O)OC(C)(C)C)c1C(=O)Cl. The highest BCUT2D eigenvalue weighted by Gasteiger charge is 2.23. The van der Waals surface area contributed by atoms with Gasteiger partial charge in [0.15, 0.2) is 0 Å². The summed E-state index contributed by atoms with van der Waals surface area (Å²) in [4.78, 5) is 24.2. The van der Waals surface area contributed by atoms with Gasteiger partial charge in [0.25, 0.3) is 5.24 Å². The number of hydrogen-bond acceptors (Lipinski definition) is 4. The predicted molar refractivity (Wildman–Crippen MR) is 85.0 cm³/mol. The smallest absolute Gasteiger partial charge is 0.419 e. The highest BCUT2D eigenvalue weighted by molar-refractivity contribution is 6.69. The van der Waals surface area contributed by atoms with Gasteiger partial charge in [0.1, 0.15) is 11.4 Å². The van der Waals surface area contributed by atoms with Gasteiger partial charge in [-0.05, 0) is 57.0 Å². The van der Waals surface area contributed by atoms with Gasteiger partial charge in [-0.1, -0.05) is 0 Å². The molecule has 0 amide bonds. The fourth-order valence-corrected chi connectivity index (χ4v) is 2.45. The van der Waals surface area contributed by atoms with Crippen LogP contribution in [0.25, 0.3) is 10.9 Å². The molecule has 0 N–H and O–H groups in total. The van der Waals surface area contributed by atoms with Crippen LogP contribution in [0.1, 0.15) is 40.8 Å². The topological polar surface area (TPSA) is 57.5 Å². The molecule has 0 saturated carbocycles. The van der Waals surface area contributed by atoms with Crippen molar-refractivity contribution in [3.05, 3.63) is 29.5 Å². The minimum absolute atomic E-state index is 0.110. The van der Waals surface area contributed by atoms with Crippen LogP contribution in [0.15, 0.2) is 18.3 Å². The largest absolute Gasteiger partial charge is 0.496 e. The van der Waals surface area contributed by atoms with Gasteiger partial charge in [-0.15, -0.1) is 0 Å². The number of halogens is 1. The number of aryl methyl sites for hydroxylation is 1. The number of rotatable bonds is 2. The molecule has 0 radical (unpaired) electrons. The van der Waals surface area contributed by atoms with Crippen molar-refractivity contribution in [3.63, 3.8) is 0 Å². The fraction of sp³-hybridized carbons (Fsp3) is 0.375. The molecular weight excluding hydrogens is 306 g/mol. The van der Waals surface area contributed by atoms with Crippen LogP contribution in [0.4, 0.5) is 4.79 Å². The molecule has 0 fully saturated rings. The average Bonchev–Trinajstić information content (AvgIpc) is 2.79. The number of methoxy groups -OCH3 is 1. The summed E-state index contributed by atoms with van der Waals surface area (Å²) in [6, 6.07) is 2.86. The van der Waals surface area contributed by atoms with Gasteiger partial charge in [-0.3, -0.25) is 9.36 Å². The number of carbonyl (C=O) groups excluding carboxylic acids is 2. The molecule has 0 bridgehead atoms. The summed E-state index contributed by atoms with van der Waals surface area (Å²) < 4.78 is 33.2. The van der Waals surface area contributed by atoms with E-state index in [1.807, 2.05) is 0 Å². The molecule has 0 aliphatic heterocycles. The zero-order valence-corrected chi connectivity index (χ0v) is 13.4. The molecule has 0 aliphatic rings. The molecule has 1 heterocycles. The maximum atomic E-state index is 12.4. The third-order valence-electron chi connectivity index (χ3n) is 3.02. The van der Waals surface area contributed by atoms with Gasteiger partial charge >= 0.3 is 6.09 Å². The lowest BCUT2D eigenvalue weighted by Gasteiger charge is -2.20. The Balaban J connectivity index is 2.68. The molecule has 1 aromatic heterocycles. The zero-order valence-electron chi connectivity index (χ0n) is 15.7. The number of aromatic nitrogens is 1. The van der Waals surface area contributed by atoms with Crippen LogP contribution < -0.4 is 4.74 Å². The van der Waals surface area contributed by atoms with Crippen LogP contribution in [0.5, 0.6) is 5.75 Å². The first-order valence-corrected chi connectivity index (χ1v) is 6.95. The number of nitrogens with zero attached hydrogens (tertiary/aromatic N) is 1. The van der Waals surface area contributed by atoms with Crippen molar-refractivity contribution in [2.45, 2.75) is 33.3 Å². The Morgan fingerprint density at radius 3 is 2.59 bits per heavy atom. The normalized spacial score (nSPS) is 14.1. The Morgan fingerprint density at radius 1 is 1.36 bits per heavy atom. The van der Waals surface area contributed by atoms with Crippen molar-refractivity contribution in [1.29, 1.82) is 0 Å². The maximum absolute atomic E-state index is 12.4. The Morgan fingerprint density at radius 2 is 2.05 bits per heavy atom. The van der Waals surface area contributed by atoms with Gasteiger partial charge in [0.2, 0.25) is 0 Å². The second-order valence-electron chi connectivity index (χ2n) is 5.87. The molecule has 1 aromatic carbocycles. The van der Waals surface area contributed by atoms with Gasteiger partial charge in [0.05, 0.1) is 22.2 Å². The first-order chi connectivity index (χ1) is 11.3. The van der Waals surface area contributed by atoms with Crippen molar-refractivity contribution in [3.8, 4) is 5.75 Å². The lowest BCUT2D eigenvalue weighted by Crippen LogP contribution is -2.26. The van der Waals surface area contributed by atoms with Crippen LogP contribution in [0.3, 0.4) is 0 Å². The van der Waals surface area contributed by atoms with Crippen LogP contribution in [0.2, 0.25) is 0 Å². The van der Waals surface area contributed by atoms with E-state index >= 15 is 0 Å². The third-order valence-corrected chi connectivity index (χ3v) is 3.21. The predicted octanol–water partition coefficient (Wildman–Crippen LogP) is 4.12. The lowest BCUT2D eigenvalue weighted by molar-refractivity contribution is 0.0544. The molecule has 0 atom stereocenters. The molecule has 0 aliphatic carbocycles. The first kappa shape index (κ1) is 12.5. The molecule has 6 heteroatoms. The summed E-state index contributed by atoms with van der Waals surface area (Å²) in [6.45, 7) is 6.87. The molecule has 2 aromatic rings. The Hall–Kier alpha value is -2.01. The summed E-state index contributed by atoms with van der Waals surface area (Å²) in [7, 11) is -2.74. The number of ether oxygens (including phenoxy) is 2. The molecule has 118 valence electrons. The first-order valence-electron chi connectivity index (χ1n) is 8.07. The maximum Gasteiger partial charge on any atom is 0.419 e. The van der Waals surface area contributed by atoms with Crippen LogP contribution in [-0.2, 0) is 4.74 Å². The summed E-state index contributed by atoms with van der Waals surface area (Å²) in [5.74, 6) is -0.160. The second kappa shape index (κ2) is 5.65. The molecule has 22 heavy (non-hydrogen) atoms. The van der Waals surface area contributed by atoms with E-state index < -0.39 is 24.0 Å². The van der Waals surface area contributed by atoms with Crippen LogP contribution in [-0.4, -0.2) is 28.5 Å². The van der Waals surface area contributed by atoms with E-state index in [1.54, 1.807) is 27.7 Å². The van der Waals surface area contributed by atoms with E-state index in [-0.39, 0.29) is 11.3 Å².